The first-order valence-electron chi connectivity index (χ1n) is 6.47. The van der Waals surface area contributed by atoms with Crippen LogP contribution in [0, 0.1) is 0 Å². The quantitative estimate of drug-likeness (QED) is 0.773. The molecule has 0 atom stereocenters. The van der Waals surface area contributed by atoms with E-state index in [1.165, 1.54) is 0 Å². The third-order valence-corrected chi connectivity index (χ3v) is 4.03. The Labute approximate surface area is 137 Å². The fourth-order valence-electron chi connectivity index (χ4n) is 2.16. The summed E-state index contributed by atoms with van der Waals surface area (Å²) in [4.78, 5) is 10.7. The van der Waals surface area contributed by atoms with E-state index in [1.807, 2.05) is 17.0 Å². The Hall–Kier alpha value is -1.07. The molecule has 1 aliphatic heterocycles. The molecule has 0 aliphatic carbocycles. The fraction of sp³-hybridized carbons (Fsp3) is 0.286. The number of benzene rings is 1. The second kappa shape index (κ2) is 6.36. The summed E-state index contributed by atoms with van der Waals surface area (Å²) in [5.74, 6) is 0.533. The molecule has 21 heavy (non-hydrogen) atoms. The first kappa shape index (κ1) is 14.9. The summed E-state index contributed by atoms with van der Waals surface area (Å²) < 4.78 is 5.31. The monoisotopic (exact) mass is 343 g/mol. The average molecular weight is 345 g/mol. The van der Waals surface area contributed by atoms with Crippen LogP contribution >= 0.6 is 34.8 Å². The van der Waals surface area contributed by atoms with Gasteiger partial charge in [0.1, 0.15) is 10.3 Å². The highest BCUT2D eigenvalue weighted by Gasteiger charge is 2.19. The van der Waals surface area contributed by atoms with Gasteiger partial charge in [-0.3, -0.25) is 0 Å². The Bertz CT molecular complexity index is 619. The van der Waals surface area contributed by atoms with Crippen LogP contribution in [0.4, 0.5) is 5.95 Å². The van der Waals surface area contributed by atoms with Gasteiger partial charge >= 0.3 is 0 Å². The number of hydrogen-bond donors (Lipinski definition) is 0. The lowest BCUT2D eigenvalue weighted by atomic mass is 10.1. The average Bonchev–Trinajstić information content (AvgIpc) is 2.49. The van der Waals surface area contributed by atoms with Crippen molar-refractivity contribution in [1.29, 1.82) is 0 Å². The second-order valence-corrected chi connectivity index (χ2v) is 5.74. The van der Waals surface area contributed by atoms with E-state index in [0.717, 1.165) is 18.7 Å². The first-order valence-corrected chi connectivity index (χ1v) is 7.60. The van der Waals surface area contributed by atoms with Crippen LogP contribution in [0.15, 0.2) is 24.3 Å². The normalized spacial score (nSPS) is 15.3. The predicted molar refractivity (Wildman–Crippen MR) is 85.5 cm³/mol. The molecule has 2 aromatic rings. The third-order valence-electron chi connectivity index (χ3n) is 3.24. The van der Waals surface area contributed by atoms with Crippen molar-refractivity contribution in [3.8, 4) is 11.1 Å². The molecule has 110 valence electrons. The van der Waals surface area contributed by atoms with E-state index in [9.17, 15) is 0 Å². The third kappa shape index (κ3) is 3.24. The van der Waals surface area contributed by atoms with Crippen LogP contribution in [0.1, 0.15) is 0 Å². The standard InChI is InChI=1S/C14H12Cl3N3O/c15-10-3-1-9(2-4-10)11-12(16)18-14(19-13(11)17)20-5-7-21-8-6-20/h1-4H,5-8H2. The number of ether oxygens (including phenoxy) is 1. The molecule has 0 amide bonds. The maximum atomic E-state index is 6.30. The Kier molecular flexibility index (Phi) is 4.50. The molecule has 3 rings (SSSR count). The fourth-order valence-corrected chi connectivity index (χ4v) is 2.88. The van der Waals surface area contributed by atoms with Crippen LogP contribution in [0.2, 0.25) is 15.3 Å². The first-order chi connectivity index (χ1) is 10.1. The van der Waals surface area contributed by atoms with Crippen molar-refractivity contribution in [2.75, 3.05) is 31.2 Å². The SMILES string of the molecule is Clc1ccc(-c2c(Cl)nc(N3CCOCC3)nc2Cl)cc1. The van der Waals surface area contributed by atoms with Crippen LogP contribution in [0.25, 0.3) is 11.1 Å². The van der Waals surface area contributed by atoms with E-state index < -0.39 is 0 Å². The van der Waals surface area contributed by atoms with Crippen LogP contribution < -0.4 is 4.90 Å². The minimum atomic E-state index is 0.332. The minimum absolute atomic E-state index is 0.332. The zero-order valence-electron chi connectivity index (χ0n) is 11.0. The predicted octanol–water partition coefficient (Wildman–Crippen LogP) is 3.94. The molecule has 0 saturated carbocycles. The van der Waals surface area contributed by atoms with E-state index in [0.29, 0.717) is 40.1 Å². The van der Waals surface area contributed by atoms with Gasteiger partial charge in [-0.25, -0.2) is 9.97 Å². The van der Waals surface area contributed by atoms with E-state index in [2.05, 4.69) is 9.97 Å². The van der Waals surface area contributed by atoms with Gasteiger partial charge in [-0.15, -0.1) is 0 Å². The molecular weight excluding hydrogens is 333 g/mol. The molecule has 0 bridgehead atoms. The molecule has 7 heteroatoms. The maximum absolute atomic E-state index is 6.30. The largest absolute Gasteiger partial charge is 0.378 e. The van der Waals surface area contributed by atoms with Crippen LogP contribution in [0.5, 0.6) is 0 Å². The number of hydrogen-bond acceptors (Lipinski definition) is 4. The molecule has 1 saturated heterocycles. The number of morpholine rings is 1. The van der Waals surface area contributed by atoms with Gasteiger partial charge in [-0.1, -0.05) is 46.9 Å². The van der Waals surface area contributed by atoms with Crippen molar-refractivity contribution in [2.24, 2.45) is 0 Å². The lowest BCUT2D eigenvalue weighted by Gasteiger charge is -2.27. The van der Waals surface area contributed by atoms with E-state index in [4.69, 9.17) is 39.5 Å². The maximum Gasteiger partial charge on any atom is 0.228 e. The molecule has 1 aliphatic rings. The summed E-state index contributed by atoms with van der Waals surface area (Å²) in [6.07, 6.45) is 0. The van der Waals surface area contributed by atoms with Crippen LogP contribution in [-0.2, 0) is 4.74 Å². The Balaban J connectivity index is 1.97. The molecule has 1 aromatic heterocycles. The lowest BCUT2D eigenvalue weighted by molar-refractivity contribution is 0.122. The van der Waals surface area contributed by atoms with Gasteiger partial charge in [-0.05, 0) is 17.7 Å². The zero-order chi connectivity index (χ0) is 14.8. The molecule has 1 fully saturated rings. The van der Waals surface area contributed by atoms with Crippen molar-refractivity contribution in [3.63, 3.8) is 0 Å². The van der Waals surface area contributed by atoms with E-state index in [-0.39, 0.29) is 0 Å². The van der Waals surface area contributed by atoms with E-state index in [1.54, 1.807) is 12.1 Å². The summed E-state index contributed by atoms with van der Waals surface area (Å²) in [5, 5.41) is 1.31. The lowest BCUT2D eigenvalue weighted by Crippen LogP contribution is -2.37. The zero-order valence-corrected chi connectivity index (χ0v) is 13.3. The van der Waals surface area contributed by atoms with Crippen LogP contribution in [0.3, 0.4) is 0 Å². The van der Waals surface area contributed by atoms with E-state index >= 15 is 0 Å². The second-order valence-electron chi connectivity index (χ2n) is 4.59. The van der Waals surface area contributed by atoms with Crippen molar-refractivity contribution >= 4 is 40.8 Å². The van der Waals surface area contributed by atoms with Gasteiger partial charge in [0.25, 0.3) is 0 Å². The number of aromatic nitrogens is 2. The van der Waals surface area contributed by atoms with Crippen molar-refractivity contribution in [1.82, 2.24) is 9.97 Å². The molecule has 0 unspecified atom stereocenters. The van der Waals surface area contributed by atoms with Gasteiger partial charge in [0.15, 0.2) is 0 Å². The molecule has 4 nitrogen and oxygen atoms in total. The number of rotatable bonds is 2. The minimum Gasteiger partial charge on any atom is -0.378 e. The molecule has 2 heterocycles. The Morgan fingerprint density at radius 3 is 2.05 bits per heavy atom. The molecule has 0 N–H and O–H groups in total. The highest BCUT2D eigenvalue weighted by molar-refractivity contribution is 6.38. The van der Waals surface area contributed by atoms with Gasteiger partial charge in [0.05, 0.1) is 18.8 Å². The van der Waals surface area contributed by atoms with Gasteiger partial charge in [-0.2, -0.15) is 0 Å². The Morgan fingerprint density at radius 2 is 1.48 bits per heavy atom. The number of nitrogens with zero attached hydrogens (tertiary/aromatic N) is 3. The van der Waals surface area contributed by atoms with Crippen molar-refractivity contribution in [2.45, 2.75) is 0 Å². The smallest absolute Gasteiger partial charge is 0.228 e. The van der Waals surface area contributed by atoms with Gasteiger partial charge in [0, 0.05) is 18.1 Å². The summed E-state index contributed by atoms with van der Waals surface area (Å²) in [6.45, 7) is 2.76. The topological polar surface area (TPSA) is 38.2 Å². The van der Waals surface area contributed by atoms with Crippen molar-refractivity contribution in [3.05, 3.63) is 39.6 Å². The highest BCUT2D eigenvalue weighted by Crippen LogP contribution is 2.34. The number of anilines is 1. The summed E-state index contributed by atoms with van der Waals surface area (Å²) in [7, 11) is 0. The molecular formula is C14H12Cl3N3O. The van der Waals surface area contributed by atoms with Crippen LogP contribution in [-0.4, -0.2) is 36.3 Å². The molecule has 1 aromatic carbocycles. The summed E-state index contributed by atoms with van der Waals surface area (Å²) in [5.41, 5.74) is 1.45. The van der Waals surface area contributed by atoms with Crippen molar-refractivity contribution < 1.29 is 4.74 Å². The molecule has 0 spiro atoms. The summed E-state index contributed by atoms with van der Waals surface area (Å²) in [6, 6.07) is 7.24. The molecule has 0 radical (unpaired) electrons. The highest BCUT2D eigenvalue weighted by atomic mass is 35.5. The van der Waals surface area contributed by atoms with Gasteiger partial charge in [0.2, 0.25) is 5.95 Å². The Morgan fingerprint density at radius 1 is 0.905 bits per heavy atom. The summed E-state index contributed by atoms with van der Waals surface area (Å²) >= 11 is 18.5. The van der Waals surface area contributed by atoms with Gasteiger partial charge < -0.3 is 9.64 Å². The number of halogens is 3.